The first-order valence-corrected chi connectivity index (χ1v) is 19.1. The Hall–Kier alpha value is -7.03. The highest BCUT2D eigenvalue weighted by Gasteiger charge is 2.21. The lowest BCUT2D eigenvalue weighted by molar-refractivity contribution is 0.908. The summed E-state index contributed by atoms with van der Waals surface area (Å²) >= 11 is 0. The largest absolute Gasteiger partial charge is 0.296 e. The number of aryl methyl sites for hydroxylation is 1. The van der Waals surface area contributed by atoms with Crippen LogP contribution in [-0.2, 0) is 6.42 Å². The van der Waals surface area contributed by atoms with Crippen LogP contribution in [0.3, 0.4) is 0 Å². The second-order valence-corrected chi connectivity index (χ2v) is 14.2. The third-order valence-electron chi connectivity index (χ3n) is 11.0. The van der Waals surface area contributed by atoms with Gasteiger partial charge in [0.05, 0.1) is 11.0 Å². The highest BCUT2D eigenvalue weighted by Crippen LogP contribution is 2.48. The second-order valence-electron chi connectivity index (χ2n) is 14.2. The molecule has 0 aliphatic heterocycles. The number of hydrogen-bond acceptors (Lipinski definition) is 1. The van der Waals surface area contributed by atoms with Crippen LogP contribution in [0.2, 0.25) is 0 Å². The minimum absolute atomic E-state index is 0.854. The van der Waals surface area contributed by atoms with Crippen LogP contribution in [0.4, 0.5) is 0 Å². The first-order valence-electron chi connectivity index (χ1n) is 19.1. The van der Waals surface area contributed by atoms with Crippen molar-refractivity contribution in [1.29, 1.82) is 0 Å². The number of imidazole rings is 1. The summed E-state index contributed by atoms with van der Waals surface area (Å²) in [6.07, 6.45) is 0.854. The predicted octanol–water partition coefficient (Wildman–Crippen LogP) is 14.2. The number of hydrogen-bond donors (Lipinski definition) is 0. The molecular formula is C53H38N2. The van der Waals surface area contributed by atoms with Crippen LogP contribution in [0, 0.1) is 0 Å². The lowest BCUT2D eigenvalue weighted by Gasteiger charge is -2.21. The van der Waals surface area contributed by atoms with E-state index in [2.05, 4.69) is 212 Å². The molecule has 9 aromatic carbocycles. The maximum Gasteiger partial charge on any atom is 0.114 e. The SMILES string of the molecule is CCc1nc2ccccc2n1-c1ccc(-c2c3ccccc3c(-c3ccc(-c4ccccc4)cc3-c3ccccc3)c3ccc(-c4ccccc4)cc23)cc1. The Morgan fingerprint density at radius 2 is 0.909 bits per heavy atom. The monoisotopic (exact) mass is 702 g/mol. The van der Waals surface area contributed by atoms with Crippen molar-refractivity contribution in [3.05, 3.63) is 206 Å². The van der Waals surface area contributed by atoms with Crippen molar-refractivity contribution in [2.24, 2.45) is 0 Å². The van der Waals surface area contributed by atoms with Crippen LogP contribution < -0.4 is 0 Å². The Labute approximate surface area is 321 Å². The van der Waals surface area contributed by atoms with Crippen molar-refractivity contribution in [3.8, 4) is 61.3 Å². The molecule has 260 valence electrons. The molecule has 2 heteroatoms. The third-order valence-corrected chi connectivity index (χ3v) is 11.0. The quantitative estimate of drug-likeness (QED) is 0.151. The van der Waals surface area contributed by atoms with Gasteiger partial charge in [0.1, 0.15) is 5.82 Å². The molecule has 0 aliphatic rings. The summed E-state index contributed by atoms with van der Waals surface area (Å²) in [5.41, 5.74) is 15.4. The number of benzene rings is 9. The molecule has 0 aliphatic carbocycles. The highest BCUT2D eigenvalue weighted by molar-refractivity contribution is 6.23. The number of aromatic nitrogens is 2. The van der Waals surface area contributed by atoms with E-state index >= 15 is 0 Å². The summed E-state index contributed by atoms with van der Waals surface area (Å²) in [6, 6.07) is 72.8. The number of rotatable bonds is 7. The molecule has 0 fully saturated rings. The minimum Gasteiger partial charge on any atom is -0.296 e. The fourth-order valence-electron chi connectivity index (χ4n) is 8.40. The van der Waals surface area contributed by atoms with Crippen molar-refractivity contribution in [2.75, 3.05) is 0 Å². The highest BCUT2D eigenvalue weighted by atomic mass is 15.1. The maximum absolute atomic E-state index is 4.96. The number of nitrogens with zero attached hydrogens (tertiary/aromatic N) is 2. The van der Waals surface area contributed by atoms with E-state index in [1.165, 1.54) is 77.2 Å². The Morgan fingerprint density at radius 1 is 0.382 bits per heavy atom. The molecule has 0 spiro atoms. The molecular weight excluding hydrogens is 665 g/mol. The van der Waals surface area contributed by atoms with Crippen LogP contribution in [0.15, 0.2) is 200 Å². The van der Waals surface area contributed by atoms with Crippen LogP contribution in [0.1, 0.15) is 12.7 Å². The standard InChI is InChI=1S/C53H38N2/c1-2-51-54-49-24-14-15-25-50(49)55(51)42-30-26-39(27-31-42)52-43-22-12-13-23-44(43)53(46-33-29-41(35-48(46)52)37-18-8-4-9-19-37)45-32-28-40(36-16-6-3-7-17-36)34-47(45)38-20-10-5-11-21-38/h3-35H,2H2,1H3. The zero-order valence-corrected chi connectivity index (χ0v) is 30.7. The summed E-state index contributed by atoms with van der Waals surface area (Å²) in [5, 5.41) is 4.93. The van der Waals surface area contributed by atoms with Gasteiger partial charge in [-0.15, -0.1) is 0 Å². The Balaban J connectivity index is 1.25. The molecule has 55 heavy (non-hydrogen) atoms. The van der Waals surface area contributed by atoms with Gasteiger partial charge in [-0.1, -0.05) is 171 Å². The number of para-hydroxylation sites is 2. The van der Waals surface area contributed by atoms with E-state index in [0.29, 0.717) is 0 Å². The zero-order valence-electron chi connectivity index (χ0n) is 30.7. The molecule has 1 aromatic heterocycles. The van der Waals surface area contributed by atoms with E-state index in [1.54, 1.807) is 0 Å². The summed E-state index contributed by atoms with van der Waals surface area (Å²) in [6.45, 7) is 2.18. The van der Waals surface area contributed by atoms with Crippen molar-refractivity contribution in [1.82, 2.24) is 9.55 Å². The zero-order chi connectivity index (χ0) is 36.7. The summed E-state index contributed by atoms with van der Waals surface area (Å²) < 4.78 is 2.30. The first-order chi connectivity index (χ1) is 27.2. The molecule has 0 saturated heterocycles. The van der Waals surface area contributed by atoms with E-state index in [4.69, 9.17) is 4.98 Å². The smallest absolute Gasteiger partial charge is 0.114 e. The van der Waals surface area contributed by atoms with Gasteiger partial charge in [-0.3, -0.25) is 4.57 Å². The lowest BCUT2D eigenvalue weighted by atomic mass is 9.82. The second kappa shape index (κ2) is 13.7. The third kappa shape index (κ3) is 5.71. The Bertz CT molecular complexity index is 2980. The fraction of sp³-hybridized carbons (Fsp3) is 0.0377. The average molecular weight is 703 g/mol. The molecule has 1 heterocycles. The van der Waals surface area contributed by atoms with E-state index in [-0.39, 0.29) is 0 Å². The Morgan fingerprint density at radius 3 is 1.58 bits per heavy atom. The van der Waals surface area contributed by atoms with Gasteiger partial charge in [0, 0.05) is 12.1 Å². The fourth-order valence-corrected chi connectivity index (χ4v) is 8.40. The van der Waals surface area contributed by atoms with Crippen LogP contribution in [-0.4, -0.2) is 9.55 Å². The molecule has 0 N–H and O–H groups in total. The van der Waals surface area contributed by atoms with Crippen molar-refractivity contribution >= 4 is 32.6 Å². The maximum atomic E-state index is 4.96. The summed E-state index contributed by atoms with van der Waals surface area (Å²) in [5.74, 6) is 1.06. The van der Waals surface area contributed by atoms with Gasteiger partial charge in [0.2, 0.25) is 0 Å². The van der Waals surface area contributed by atoms with Crippen LogP contribution in [0.5, 0.6) is 0 Å². The first kappa shape index (κ1) is 32.6. The molecule has 0 bridgehead atoms. The molecule has 2 nitrogen and oxygen atoms in total. The van der Waals surface area contributed by atoms with Gasteiger partial charge in [0.25, 0.3) is 0 Å². The van der Waals surface area contributed by atoms with Gasteiger partial charge >= 0.3 is 0 Å². The van der Waals surface area contributed by atoms with E-state index in [0.717, 1.165) is 29.0 Å². The van der Waals surface area contributed by atoms with Gasteiger partial charge in [-0.25, -0.2) is 4.98 Å². The van der Waals surface area contributed by atoms with Crippen molar-refractivity contribution in [2.45, 2.75) is 13.3 Å². The molecule has 10 aromatic rings. The molecule has 0 amide bonds. The predicted molar refractivity (Wildman–Crippen MR) is 233 cm³/mol. The average Bonchev–Trinajstić information content (AvgIpc) is 3.65. The summed E-state index contributed by atoms with van der Waals surface area (Å²) in [4.78, 5) is 4.96. The van der Waals surface area contributed by atoms with E-state index in [9.17, 15) is 0 Å². The van der Waals surface area contributed by atoms with Gasteiger partial charge in [-0.05, 0) is 114 Å². The van der Waals surface area contributed by atoms with E-state index < -0.39 is 0 Å². The van der Waals surface area contributed by atoms with Crippen LogP contribution >= 0.6 is 0 Å². The van der Waals surface area contributed by atoms with Gasteiger partial charge < -0.3 is 0 Å². The van der Waals surface area contributed by atoms with E-state index in [1.807, 2.05) is 0 Å². The topological polar surface area (TPSA) is 17.8 Å². The van der Waals surface area contributed by atoms with Crippen molar-refractivity contribution in [3.63, 3.8) is 0 Å². The molecule has 10 rings (SSSR count). The molecule has 0 unspecified atom stereocenters. The molecule has 0 atom stereocenters. The Kier molecular flexibility index (Phi) is 8.15. The minimum atomic E-state index is 0.854. The molecule has 0 saturated carbocycles. The van der Waals surface area contributed by atoms with Crippen LogP contribution in [0.25, 0.3) is 93.9 Å². The number of fused-ring (bicyclic) bond motifs is 3. The molecule has 0 radical (unpaired) electrons. The lowest BCUT2D eigenvalue weighted by Crippen LogP contribution is -2.00. The van der Waals surface area contributed by atoms with Crippen molar-refractivity contribution < 1.29 is 0 Å². The summed E-state index contributed by atoms with van der Waals surface area (Å²) in [7, 11) is 0. The van der Waals surface area contributed by atoms with Gasteiger partial charge in [0.15, 0.2) is 0 Å². The normalized spacial score (nSPS) is 11.4. The van der Waals surface area contributed by atoms with Gasteiger partial charge in [-0.2, -0.15) is 0 Å².